The Morgan fingerprint density at radius 3 is 2.34 bits per heavy atom. The molecule has 0 bridgehead atoms. The monoisotopic (exact) mass is 394 g/mol. The van der Waals surface area contributed by atoms with Crippen LogP contribution in [0.3, 0.4) is 0 Å². The zero-order chi connectivity index (χ0) is 20.7. The molecule has 8 nitrogen and oxygen atoms in total. The molecule has 1 aliphatic heterocycles. The number of hydrogen-bond acceptors (Lipinski definition) is 7. The minimum Gasteiger partial charge on any atom is -0.493 e. The summed E-state index contributed by atoms with van der Waals surface area (Å²) in [4.78, 5) is 43.1. The van der Waals surface area contributed by atoms with Crippen molar-refractivity contribution in [3.8, 4) is 23.0 Å². The van der Waals surface area contributed by atoms with E-state index in [0.717, 1.165) is 0 Å². The third-order valence-electron chi connectivity index (χ3n) is 4.80. The van der Waals surface area contributed by atoms with Crippen molar-refractivity contribution >= 4 is 22.7 Å². The van der Waals surface area contributed by atoms with Crippen LogP contribution in [0, 0.1) is 0 Å². The lowest BCUT2D eigenvalue weighted by molar-refractivity contribution is 0.0654. The van der Waals surface area contributed by atoms with Crippen LogP contribution in [-0.4, -0.2) is 42.5 Å². The van der Waals surface area contributed by atoms with Gasteiger partial charge in [-0.15, -0.1) is 0 Å². The van der Waals surface area contributed by atoms with Gasteiger partial charge in [0.25, 0.3) is 11.8 Å². The van der Waals surface area contributed by atoms with Gasteiger partial charge >= 0.3 is 5.63 Å². The number of carbonyl (C=O) groups excluding carboxylic acids is 2. The molecular formula is C21H18N2O6. The standard InChI is InChI=1S/C21H18N2O6/c1-4-7-23-19(24)12-6-5-11(8-13(12)20(23)25)18-22-15-10-17(28-3)16(27-2)9-14(15)21(26)29-18/h5-6,8-10H,4,7H2,1-3H3. The topological polar surface area (TPSA) is 98.9 Å². The summed E-state index contributed by atoms with van der Waals surface area (Å²) >= 11 is 0. The van der Waals surface area contributed by atoms with Gasteiger partial charge in [-0.25, -0.2) is 9.78 Å². The Labute approximate surface area is 165 Å². The molecule has 0 aliphatic carbocycles. The number of rotatable bonds is 5. The molecule has 0 saturated carbocycles. The Bertz CT molecular complexity index is 1210. The molecule has 2 amide bonds. The average Bonchev–Trinajstić information content (AvgIpc) is 2.97. The van der Waals surface area contributed by atoms with Crippen molar-refractivity contribution in [1.82, 2.24) is 9.88 Å². The third-order valence-corrected chi connectivity index (χ3v) is 4.80. The molecule has 8 heteroatoms. The van der Waals surface area contributed by atoms with E-state index < -0.39 is 5.63 Å². The van der Waals surface area contributed by atoms with Gasteiger partial charge in [-0.2, -0.15) is 0 Å². The highest BCUT2D eigenvalue weighted by Gasteiger charge is 2.35. The van der Waals surface area contributed by atoms with E-state index >= 15 is 0 Å². The van der Waals surface area contributed by atoms with Gasteiger partial charge in [0.1, 0.15) is 0 Å². The summed E-state index contributed by atoms with van der Waals surface area (Å²) in [6.07, 6.45) is 0.671. The number of amides is 2. The van der Waals surface area contributed by atoms with Crippen LogP contribution in [0.25, 0.3) is 22.4 Å². The first-order chi connectivity index (χ1) is 14.0. The van der Waals surface area contributed by atoms with E-state index in [9.17, 15) is 14.4 Å². The summed E-state index contributed by atoms with van der Waals surface area (Å²) in [6, 6.07) is 7.78. The van der Waals surface area contributed by atoms with E-state index in [1.54, 1.807) is 18.2 Å². The second-order valence-corrected chi connectivity index (χ2v) is 6.55. The van der Waals surface area contributed by atoms with Crippen LogP contribution in [-0.2, 0) is 0 Å². The predicted octanol–water partition coefficient (Wildman–Crippen LogP) is 2.88. The second kappa shape index (κ2) is 7.05. The van der Waals surface area contributed by atoms with Gasteiger partial charge in [-0.1, -0.05) is 6.92 Å². The van der Waals surface area contributed by atoms with Crippen molar-refractivity contribution in [2.45, 2.75) is 13.3 Å². The first kappa shape index (κ1) is 18.7. The minimum absolute atomic E-state index is 0.0479. The van der Waals surface area contributed by atoms with Gasteiger partial charge in [0.2, 0.25) is 5.89 Å². The Balaban J connectivity index is 1.83. The lowest BCUT2D eigenvalue weighted by Crippen LogP contribution is -2.30. The SMILES string of the molecule is CCCN1C(=O)c2ccc(-c3nc4cc(OC)c(OC)cc4c(=O)o3)cc2C1=O. The molecule has 0 atom stereocenters. The van der Waals surface area contributed by atoms with Crippen LogP contribution in [0.4, 0.5) is 0 Å². The molecule has 0 radical (unpaired) electrons. The average molecular weight is 394 g/mol. The molecule has 148 valence electrons. The van der Waals surface area contributed by atoms with Gasteiger partial charge in [-0.05, 0) is 24.6 Å². The summed E-state index contributed by atoms with van der Waals surface area (Å²) < 4.78 is 15.8. The Morgan fingerprint density at radius 2 is 1.66 bits per heavy atom. The molecule has 0 spiro atoms. The van der Waals surface area contributed by atoms with Gasteiger partial charge in [0.05, 0.1) is 36.2 Å². The highest BCUT2D eigenvalue weighted by molar-refractivity contribution is 6.21. The Morgan fingerprint density at radius 1 is 0.966 bits per heavy atom. The Kier molecular flexibility index (Phi) is 4.54. The van der Waals surface area contributed by atoms with E-state index in [2.05, 4.69) is 4.98 Å². The van der Waals surface area contributed by atoms with Crippen LogP contribution in [0.15, 0.2) is 39.5 Å². The fourth-order valence-electron chi connectivity index (χ4n) is 3.37. The number of nitrogens with zero attached hydrogens (tertiary/aromatic N) is 2. The van der Waals surface area contributed by atoms with Gasteiger partial charge < -0.3 is 13.9 Å². The zero-order valence-electron chi connectivity index (χ0n) is 16.1. The summed E-state index contributed by atoms with van der Waals surface area (Å²) in [7, 11) is 2.96. The largest absolute Gasteiger partial charge is 0.493 e. The van der Waals surface area contributed by atoms with Crippen molar-refractivity contribution in [2.75, 3.05) is 20.8 Å². The summed E-state index contributed by atoms with van der Waals surface area (Å²) in [6.45, 7) is 2.25. The first-order valence-electron chi connectivity index (χ1n) is 9.06. The molecule has 0 N–H and O–H groups in total. The van der Waals surface area contributed by atoms with Crippen LogP contribution in [0.5, 0.6) is 11.5 Å². The number of fused-ring (bicyclic) bond motifs is 2. The number of carbonyl (C=O) groups is 2. The fraction of sp³-hybridized carbons (Fsp3) is 0.238. The third kappa shape index (κ3) is 2.93. The van der Waals surface area contributed by atoms with Crippen molar-refractivity contribution in [3.63, 3.8) is 0 Å². The van der Waals surface area contributed by atoms with Crippen molar-refractivity contribution < 1.29 is 23.5 Å². The molecule has 29 heavy (non-hydrogen) atoms. The quantitative estimate of drug-likeness (QED) is 0.614. The number of ether oxygens (including phenoxy) is 2. The first-order valence-corrected chi connectivity index (χ1v) is 9.06. The molecule has 1 aliphatic rings. The second-order valence-electron chi connectivity index (χ2n) is 6.55. The maximum atomic E-state index is 12.6. The molecular weight excluding hydrogens is 376 g/mol. The van der Waals surface area contributed by atoms with E-state index in [1.165, 1.54) is 31.3 Å². The lowest BCUT2D eigenvalue weighted by Gasteiger charge is -2.11. The Hall–Kier alpha value is -3.68. The molecule has 0 fully saturated rings. The highest BCUT2D eigenvalue weighted by Crippen LogP contribution is 2.32. The van der Waals surface area contributed by atoms with Crippen molar-refractivity contribution in [1.29, 1.82) is 0 Å². The lowest BCUT2D eigenvalue weighted by atomic mass is 10.1. The summed E-state index contributed by atoms with van der Waals surface area (Å²) in [5.74, 6) is 0.187. The van der Waals surface area contributed by atoms with Gasteiger partial charge in [-0.3, -0.25) is 14.5 Å². The zero-order valence-corrected chi connectivity index (χ0v) is 16.1. The van der Waals surface area contributed by atoms with Crippen LogP contribution >= 0.6 is 0 Å². The molecule has 4 rings (SSSR count). The summed E-state index contributed by atoms with van der Waals surface area (Å²) in [5.41, 5.74) is 0.808. The summed E-state index contributed by atoms with van der Waals surface area (Å²) in [5, 5.41) is 0.243. The van der Waals surface area contributed by atoms with Crippen LogP contribution < -0.4 is 15.1 Å². The van der Waals surface area contributed by atoms with Gasteiger partial charge in [0, 0.05) is 24.2 Å². The molecule has 0 saturated heterocycles. The molecule has 2 heterocycles. The smallest absolute Gasteiger partial charge is 0.347 e. The maximum absolute atomic E-state index is 12.6. The normalized spacial score (nSPS) is 13.1. The highest BCUT2D eigenvalue weighted by atomic mass is 16.5. The molecule has 0 unspecified atom stereocenters. The van der Waals surface area contributed by atoms with E-state index in [4.69, 9.17) is 13.9 Å². The van der Waals surface area contributed by atoms with E-state index in [0.29, 0.717) is 41.1 Å². The van der Waals surface area contributed by atoms with Crippen molar-refractivity contribution in [3.05, 3.63) is 51.9 Å². The van der Waals surface area contributed by atoms with Gasteiger partial charge in [0.15, 0.2) is 11.5 Å². The van der Waals surface area contributed by atoms with Crippen LogP contribution in [0.1, 0.15) is 34.1 Å². The maximum Gasteiger partial charge on any atom is 0.347 e. The number of imide groups is 1. The molecule has 3 aromatic rings. The number of methoxy groups -OCH3 is 2. The number of aromatic nitrogens is 1. The molecule has 2 aromatic carbocycles. The van der Waals surface area contributed by atoms with Crippen molar-refractivity contribution in [2.24, 2.45) is 0 Å². The predicted molar refractivity (Wildman–Crippen MR) is 104 cm³/mol. The minimum atomic E-state index is -0.596. The number of benzene rings is 2. The fourth-order valence-corrected chi connectivity index (χ4v) is 3.37. The van der Waals surface area contributed by atoms with E-state index in [-0.39, 0.29) is 28.7 Å². The van der Waals surface area contributed by atoms with Crippen LogP contribution in [0.2, 0.25) is 0 Å². The molecule has 1 aromatic heterocycles. The van der Waals surface area contributed by atoms with E-state index in [1.807, 2.05) is 6.92 Å². The number of hydrogen-bond donors (Lipinski definition) is 0.